The minimum absolute atomic E-state index is 0.0946. The Balaban J connectivity index is 1.78. The number of nitrogens with zero attached hydrogens (tertiary/aromatic N) is 1. The number of urea groups is 1. The second kappa shape index (κ2) is 7.67. The van der Waals surface area contributed by atoms with Crippen LogP contribution in [0.15, 0.2) is 30.3 Å². The van der Waals surface area contributed by atoms with Gasteiger partial charge in [0.2, 0.25) is 5.91 Å². The van der Waals surface area contributed by atoms with Gasteiger partial charge in [0.1, 0.15) is 0 Å². The van der Waals surface area contributed by atoms with Gasteiger partial charge in [-0.2, -0.15) is 0 Å². The summed E-state index contributed by atoms with van der Waals surface area (Å²) in [5, 5.41) is 5.68. The van der Waals surface area contributed by atoms with Gasteiger partial charge in [-0.3, -0.25) is 4.79 Å². The van der Waals surface area contributed by atoms with Crippen molar-refractivity contribution in [3.05, 3.63) is 35.9 Å². The molecule has 1 heterocycles. The number of amides is 3. The molecule has 114 valence electrons. The van der Waals surface area contributed by atoms with Crippen LogP contribution in [0.25, 0.3) is 0 Å². The number of rotatable bonds is 6. The van der Waals surface area contributed by atoms with Gasteiger partial charge in [-0.25, -0.2) is 4.79 Å². The van der Waals surface area contributed by atoms with Crippen LogP contribution in [0.1, 0.15) is 31.7 Å². The molecule has 0 spiro atoms. The van der Waals surface area contributed by atoms with Crippen molar-refractivity contribution in [3.8, 4) is 0 Å². The van der Waals surface area contributed by atoms with Crippen LogP contribution in [-0.2, 0) is 11.3 Å². The summed E-state index contributed by atoms with van der Waals surface area (Å²) in [6, 6.07) is 9.63. The summed E-state index contributed by atoms with van der Waals surface area (Å²) in [5.74, 6) is 0.0951. The fraction of sp³-hybridized carbons (Fsp3) is 0.500. The third kappa shape index (κ3) is 4.77. The van der Waals surface area contributed by atoms with E-state index in [4.69, 9.17) is 0 Å². The molecule has 1 saturated heterocycles. The zero-order valence-electron chi connectivity index (χ0n) is 12.5. The summed E-state index contributed by atoms with van der Waals surface area (Å²) in [7, 11) is 0. The van der Waals surface area contributed by atoms with Crippen molar-refractivity contribution in [1.29, 1.82) is 0 Å². The van der Waals surface area contributed by atoms with Crippen molar-refractivity contribution in [3.63, 3.8) is 0 Å². The van der Waals surface area contributed by atoms with E-state index < -0.39 is 0 Å². The molecule has 0 bridgehead atoms. The average Bonchev–Trinajstić information content (AvgIpc) is 2.80. The Morgan fingerprint density at radius 3 is 2.81 bits per heavy atom. The molecule has 2 N–H and O–H groups in total. The molecule has 5 heteroatoms. The van der Waals surface area contributed by atoms with Gasteiger partial charge in [0.05, 0.1) is 6.04 Å². The molecule has 1 aromatic rings. The van der Waals surface area contributed by atoms with Gasteiger partial charge in [0, 0.05) is 26.1 Å². The summed E-state index contributed by atoms with van der Waals surface area (Å²) in [6.07, 6.45) is 2.40. The van der Waals surface area contributed by atoms with E-state index in [1.165, 1.54) is 0 Å². The summed E-state index contributed by atoms with van der Waals surface area (Å²) >= 11 is 0. The van der Waals surface area contributed by atoms with E-state index in [1.807, 2.05) is 30.3 Å². The van der Waals surface area contributed by atoms with Crippen LogP contribution >= 0.6 is 0 Å². The molecule has 1 aromatic carbocycles. The first kappa shape index (κ1) is 15.4. The Morgan fingerprint density at radius 1 is 1.33 bits per heavy atom. The zero-order chi connectivity index (χ0) is 15.1. The lowest BCUT2D eigenvalue weighted by Crippen LogP contribution is -2.43. The van der Waals surface area contributed by atoms with Crippen LogP contribution in [0, 0.1) is 0 Å². The highest BCUT2D eigenvalue weighted by Gasteiger charge is 2.30. The van der Waals surface area contributed by atoms with Gasteiger partial charge in [-0.1, -0.05) is 43.7 Å². The number of hydrogen-bond acceptors (Lipinski definition) is 2. The lowest BCUT2D eigenvalue weighted by atomic mass is 10.2. The Bertz CT molecular complexity index is 476. The largest absolute Gasteiger partial charge is 0.338 e. The van der Waals surface area contributed by atoms with E-state index in [9.17, 15) is 9.59 Å². The summed E-state index contributed by atoms with van der Waals surface area (Å²) in [6.45, 7) is 3.94. The van der Waals surface area contributed by atoms with Gasteiger partial charge in [0.25, 0.3) is 0 Å². The van der Waals surface area contributed by atoms with Crippen molar-refractivity contribution in [2.24, 2.45) is 0 Å². The molecule has 0 radical (unpaired) electrons. The van der Waals surface area contributed by atoms with Crippen molar-refractivity contribution in [1.82, 2.24) is 15.5 Å². The van der Waals surface area contributed by atoms with E-state index in [1.54, 1.807) is 4.90 Å². The molecule has 5 nitrogen and oxygen atoms in total. The molecule has 1 aliphatic rings. The highest BCUT2D eigenvalue weighted by Crippen LogP contribution is 2.14. The molecule has 0 aromatic heterocycles. The molecule has 1 unspecified atom stereocenters. The fourth-order valence-electron chi connectivity index (χ4n) is 2.44. The third-order valence-electron chi connectivity index (χ3n) is 3.58. The SMILES string of the molecule is CCCCNC(=O)NC1CC(=O)N(Cc2ccccc2)C1. The van der Waals surface area contributed by atoms with Crippen molar-refractivity contribution in [2.75, 3.05) is 13.1 Å². The molecule has 21 heavy (non-hydrogen) atoms. The topological polar surface area (TPSA) is 61.4 Å². The zero-order valence-corrected chi connectivity index (χ0v) is 12.5. The molecule has 3 amide bonds. The fourth-order valence-corrected chi connectivity index (χ4v) is 2.44. The first-order valence-corrected chi connectivity index (χ1v) is 7.55. The van der Waals surface area contributed by atoms with Gasteiger partial charge in [-0.05, 0) is 12.0 Å². The standard InChI is InChI=1S/C16H23N3O2/c1-2-3-9-17-16(21)18-14-10-15(20)19(12-14)11-13-7-5-4-6-8-13/h4-8,14H,2-3,9-12H2,1H3,(H2,17,18,21). The van der Waals surface area contributed by atoms with E-state index in [0.29, 0.717) is 26.1 Å². The molecule has 1 fully saturated rings. The minimum atomic E-state index is -0.178. The quantitative estimate of drug-likeness (QED) is 0.786. The number of hydrogen-bond donors (Lipinski definition) is 2. The predicted octanol–water partition coefficient (Wildman–Crippen LogP) is 1.89. The van der Waals surface area contributed by atoms with Gasteiger partial charge < -0.3 is 15.5 Å². The third-order valence-corrected chi connectivity index (χ3v) is 3.58. The predicted molar refractivity (Wildman–Crippen MR) is 81.7 cm³/mol. The number of carbonyl (C=O) groups is 2. The number of unbranched alkanes of at least 4 members (excludes halogenated alkanes) is 1. The molecular formula is C16H23N3O2. The Hall–Kier alpha value is -2.04. The first-order valence-electron chi connectivity index (χ1n) is 7.55. The monoisotopic (exact) mass is 289 g/mol. The Labute approximate surface area is 125 Å². The summed E-state index contributed by atoms with van der Waals surface area (Å²) in [4.78, 5) is 25.5. The lowest BCUT2D eigenvalue weighted by molar-refractivity contribution is -0.128. The summed E-state index contributed by atoms with van der Waals surface area (Å²) < 4.78 is 0. The second-order valence-corrected chi connectivity index (χ2v) is 5.41. The average molecular weight is 289 g/mol. The number of nitrogens with one attached hydrogen (secondary N) is 2. The second-order valence-electron chi connectivity index (χ2n) is 5.41. The van der Waals surface area contributed by atoms with E-state index in [2.05, 4.69) is 17.6 Å². The van der Waals surface area contributed by atoms with E-state index in [0.717, 1.165) is 18.4 Å². The number of benzene rings is 1. The highest BCUT2D eigenvalue weighted by molar-refractivity contribution is 5.81. The number of likely N-dealkylation sites (tertiary alicyclic amines) is 1. The summed E-state index contributed by atoms with van der Waals surface area (Å²) in [5.41, 5.74) is 1.11. The maximum absolute atomic E-state index is 12.0. The van der Waals surface area contributed by atoms with Gasteiger partial charge >= 0.3 is 6.03 Å². The number of carbonyl (C=O) groups excluding carboxylic acids is 2. The van der Waals surface area contributed by atoms with Gasteiger partial charge in [0.15, 0.2) is 0 Å². The van der Waals surface area contributed by atoms with Crippen LogP contribution < -0.4 is 10.6 Å². The van der Waals surface area contributed by atoms with Crippen molar-refractivity contribution >= 4 is 11.9 Å². The van der Waals surface area contributed by atoms with E-state index in [-0.39, 0.29) is 18.0 Å². The Morgan fingerprint density at radius 2 is 2.10 bits per heavy atom. The van der Waals surface area contributed by atoms with Crippen molar-refractivity contribution < 1.29 is 9.59 Å². The van der Waals surface area contributed by atoms with E-state index >= 15 is 0 Å². The smallest absolute Gasteiger partial charge is 0.315 e. The molecular weight excluding hydrogens is 266 g/mol. The lowest BCUT2D eigenvalue weighted by Gasteiger charge is -2.17. The normalized spacial score (nSPS) is 17.9. The maximum Gasteiger partial charge on any atom is 0.315 e. The highest BCUT2D eigenvalue weighted by atomic mass is 16.2. The molecule has 0 aliphatic carbocycles. The van der Waals surface area contributed by atoms with Crippen LogP contribution in [0.4, 0.5) is 4.79 Å². The first-order chi connectivity index (χ1) is 10.2. The van der Waals surface area contributed by atoms with Crippen molar-refractivity contribution in [2.45, 2.75) is 38.8 Å². The van der Waals surface area contributed by atoms with Crippen LogP contribution in [0.3, 0.4) is 0 Å². The maximum atomic E-state index is 12.0. The minimum Gasteiger partial charge on any atom is -0.338 e. The Kier molecular flexibility index (Phi) is 5.60. The molecule has 0 saturated carbocycles. The van der Waals surface area contributed by atoms with Crippen LogP contribution in [-0.4, -0.2) is 36.0 Å². The van der Waals surface area contributed by atoms with Gasteiger partial charge in [-0.15, -0.1) is 0 Å². The molecule has 1 aliphatic heterocycles. The molecule has 2 rings (SSSR count). The van der Waals surface area contributed by atoms with Crippen LogP contribution in [0.5, 0.6) is 0 Å². The van der Waals surface area contributed by atoms with Crippen LogP contribution in [0.2, 0.25) is 0 Å². The molecule has 1 atom stereocenters.